The van der Waals surface area contributed by atoms with Crippen LogP contribution in [0.3, 0.4) is 0 Å². The van der Waals surface area contributed by atoms with Crippen LogP contribution < -0.4 is 9.80 Å². The minimum absolute atomic E-state index is 1.12. The lowest BCUT2D eigenvalue weighted by molar-refractivity contribution is 1.30. The second-order valence-corrected chi connectivity index (χ2v) is 16.0. The molecule has 0 saturated carbocycles. The van der Waals surface area contributed by atoms with E-state index in [1.807, 2.05) is 11.3 Å². The van der Waals surface area contributed by atoms with Gasteiger partial charge in [0.2, 0.25) is 0 Å². The molecule has 0 spiro atoms. The Labute approximate surface area is 348 Å². The largest absolute Gasteiger partial charge is 0.310 e. The quantitative estimate of drug-likeness (QED) is 0.152. The van der Waals surface area contributed by atoms with Gasteiger partial charge in [0.15, 0.2) is 0 Å². The van der Waals surface area contributed by atoms with Gasteiger partial charge in [-0.05, 0) is 106 Å². The second-order valence-electron chi connectivity index (χ2n) is 14.9. The van der Waals surface area contributed by atoms with Gasteiger partial charge in [-0.25, -0.2) is 0 Å². The third-order valence-corrected chi connectivity index (χ3v) is 12.6. The Morgan fingerprint density at radius 1 is 0.288 bits per heavy atom. The minimum Gasteiger partial charge on any atom is -0.310 e. The lowest BCUT2D eigenvalue weighted by atomic mass is 9.94. The first-order valence-corrected chi connectivity index (χ1v) is 20.9. The summed E-state index contributed by atoms with van der Waals surface area (Å²) in [6.45, 7) is 0. The molecule has 278 valence electrons. The molecule has 0 aliphatic heterocycles. The predicted molar refractivity (Wildman–Crippen MR) is 255 cm³/mol. The SMILES string of the molecule is c1ccc(N(c2ccc(-c3cccc4sc5cc(-c6ccc(N(c7ccccc7)c7ccccc7)c7ccccc67)ccc5c34)cc2)c2cccc3ccccc23)cc1. The molecule has 0 unspecified atom stereocenters. The first kappa shape index (κ1) is 34.8. The maximum absolute atomic E-state index is 2.39. The summed E-state index contributed by atoms with van der Waals surface area (Å²) in [5.74, 6) is 0. The minimum atomic E-state index is 1.12. The highest BCUT2D eigenvalue weighted by Crippen LogP contribution is 2.46. The lowest BCUT2D eigenvalue weighted by Crippen LogP contribution is -2.10. The molecule has 11 rings (SSSR count). The van der Waals surface area contributed by atoms with E-state index in [-0.39, 0.29) is 0 Å². The standard InChI is InChI=1S/C56H38N2S/c1-4-18-42(19-5-1)57(43-20-6-2-7-21-43)53-37-36-46(49-25-12-13-26-50(49)53)41-32-35-51-55(38-41)59-54-29-15-27-48(56(51)54)40-30-33-45(34-31-40)58(44-22-8-3-9-23-44)52-28-14-17-39-16-10-11-24-47(39)52/h1-38H. The van der Waals surface area contributed by atoms with Crippen LogP contribution in [0.1, 0.15) is 0 Å². The number of hydrogen-bond donors (Lipinski definition) is 0. The van der Waals surface area contributed by atoms with Crippen molar-refractivity contribution in [3.05, 3.63) is 231 Å². The van der Waals surface area contributed by atoms with E-state index in [2.05, 4.69) is 240 Å². The zero-order valence-corrected chi connectivity index (χ0v) is 33.1. The molecule has 2 nitrogen and oxygen atoms in total. The van der Waals surface area contributed by atoms with Crippen molar-refractivity contribution in [3.63, 3.8) is 0 Å². The maximum atomic E-state index is 2.39. The molecule has 11 aromatic rings. The number of fused-ring (bicyclic) bond motifs is 5. The third-order valence-electron chi connectivity index (χ3n) is 11.4. The van der Waals surface area contributed by atoms with Crippen molar-refractivity contribution >= 4 is 87.2 Å². The molecule has 1 aromatic heterocycles. The molecule has 0 aliphatic rings. The molecular formula is C56H38N2S. The molecule has 0 radical (unpaired) electrons. The normalized spacial score (nSPS) is 11.4. The Balaban J connectivity index is 0.988. The average molecular weight is 771 g/mol. The van der Waals surface area contributed by atoms with Gasteiger partial charge in [0, 0.05) is 53.7 Å². The van der Waals surface area contributed by atoms with E-state index < -0.39 is 0 Å². The summed E-state index contributed by atoms with van der Waals surface area (Å²) in [5, 5.41) is 7.49. The highest BCUT2D eigenvalue weighted by Gasteiger charge is 2.19. The number of thiophene rings is 1. The van der Waals surface area contributed by atoms with Crippen LogP contribution in [0.25, 0.3) is 64.0 Å². The summed E-state index contributed by atoms with van der Waals surface area (Å²) in [7, 11) is 0. The zero-order chi connectivity index (χ0) is 39.1. The van der Waals surface area contributed by atoms with Crippen molar-refractivity contribution in [2.45, 2.75) is 0 Å². The predicted octanol–water partition coefficient (Wildman–Crippen LogP) is 16.6. The monoisotopic (exact) mass is 770 g/mol. The molecule has 0 bridgehead atoms. The van der Waals surface area contributed by atoms with Gasteiger partial charge in [-0.15, -0.1) is 11.3 Å². The van der Waals surface area contributed by atoms with Crippen LogP contribution in [0.15, 0.2) is 231 Å². The van der Waals surface area contributed by atoms with E-state index in [0.29, 0.717) is 0 Å². The topological polar surface area (TPSA) is 6.48 Å². The van der Waals surface area contributed by atoms with E-state index in [9.17, 15) is 0 Å². The van der Waals surface area contributed by atoms with E-state index in [0.717, 1.165) is 34.1 Å². The molecule has 10 aromatic carbocycles. The van der Waals surface area contributed by atoms with Crippen molar-refractivity contribution in [1.82, 2.24) is 0 Å². The van der Waals surface area contributed by atoms with Crippen molar-refractivity contribution in [3.8, 4) is 22.3 Å². The number of hydrogen-bond acceptors (Lipinski definition) is 3. The van der Waals surface area contributed by atoms with Gasteiger partial charge >= 0.3 is 0 Å². The van der Waals surface area contributed by atoms with Crippen LogP contribution in [0, 0.1) is 0 Å². The van der Waals surface area contributed by atoms with Crippen LogP contribution in [0.5, 0.6) is 0 Å². The summed E-state index contributed by atoms with van der Waals surface area (Å²) >= 11 is 1.87. The first-order chi connectivity index (χ1) is 29.3. The molecule has 59 heavy (non-hydrogen) atoms. The Hall–Kier alpha value is -7.46. The zero-order valence-electron chi connectivity index (χ0n) is 32.2. The molecule has 0 saturated heterocycles. The van der Waals surface area contributed by atoms with Crippen molar-refractivity contribution in [2.75, 3.05) is 9.80 Å². The van der Waals surface area contributed by atoms with Gasteiger partial charge in [0.05, 0.1) is 11.4 Å². The van der Waals surface area contributed by atoms with E-state index in [1.165, 1.54) is 64.0 Å². The summed E-state index contributed by atoms with van der Waals surface area (Å²) in [6.07, 6.45) is 0. The van der Waals surface area contributed by atoms with Crippen molar-refractivity contribution in [2.24, 2.45) is 0 Å². The first-order valence-electron chi connectivity index (χ1n) is 20.1. The fourth-order valence-electron chi connectivity index (χ4n) is 8.74. The van der Waals surface area contributed by atoms with Gasteiger partial charge in [0.25, 0.3) is 0 Å². The molecular weight excluding hydrogens is 733 g/mol. The van der Waals surface area contributed by atoms with Gasteiger partial charge in [-0.3, -0.25) is 0 Å². The smallest absolute Gasteiger partial charge is 0.0540 e. The van der Waals surface area contributed by atoms with Gasteiger partial charge < -0.3 is 9.80 Å². The van der Waals surface area contributed by atoms with Crippen LogP contribution in [0.4, 0.5) is 34.1 Å². The Morgan fingerprint density at radius 2 is 0.814 bits per heavy atom. The highest BCUT2D eigenvalue weighted by molar-refractivity contribution is 7.26. The van der Waals surface area contributed by atoms with Crippen LogP contribution >= 0.6 is 11.3 Å². The number of nitrogens with zero attached hydrogens (tertiary/aromatic N) is 2. The third kappa shape index (κ3) is 6.20. The highest BCUT2D eigenvalue weighted by atomic mass is 32.1. The maximum Gasteiger partial charge on any atom is 0.0540 e. The number of para-hydroxylation sites is 3. The fourth-order valence-corrected chi connectivity index (χ4v) is 9.91. The summed E-state index contributed by atoms with van der Waals surface area (Å²) < 4.78 is 2.58. The molecule has 0 atom stereocenters. The van der Waals surface area contributed by atoms with Crippen molar-refractivity contribution < 1.29 is 0 Å². The van der Waals surface area contributed by atoms with Crippen LogP contribution in [-0.2, 0) is 0 Å². The molecule has 1 heterocycles. The second kappa shape index (κ2) is 14.8. The van der Waals surface area contributed by atoms with E-state index in [4.69, 9.17) is 0 Å². The average Bonchev–Trinajstić information content (AvgIpc) is 3.69. The van der Waals surface area contributed by atoms with E-state index >= 15 is 0 Å². The number of benzene rings is 10. The molecule has 0 N–H and O–H groups in total. The molecule has 0 fully saturated rings. The van der Waals surface area contributed by atoms with Crippen LogP contribution in [-0.4, -0.2) is 0 Å². The summed E-state index contributed by atoms with van der Waals surface area (Å²) in [6, 6.07) is 83.4. The Bertz CT molecular complexity index is 3220. The molecule has 3 heteroatoms. The Morgan fingerprint density at radius 3 is 1.49 bits per heavy atom. The van der Waals surface area contributed by atoms with Crippen molar-refractivity contribution in [1.29, 1.82) is 0 Å². The van der Waals surface area contributed by atoms with Crippen LogP contribution in [0.2, 0.25) is 0 Å². The lowest BCUT2D eigenvalue weighted by Gasteiger charge is -2.27. The Kier molecular flexibility index (Phi) is 8.72. The van der Waals surface area contributed by atoms with Gasteiger partial charge in [-0.2, -0.15) is 0 Å². The summed E-state index contributed by atoms with van der Waals surface area (Å²) in [4.78, 5) is 4.73. The fraction of sp³-hybridized carbons (Fsp3) is 0. The van der Waals surface area contributed by atoms with E-state index in [1.54, 1.807) is 0 Å². The summed E-state index contributed by atoms with van der Waals surface area (Å²) in [5.41, 5.74) is 11.7. The van der Waals surface area contributed by atoms with Gasteiger partial charge in [-0.1, -0.05) is 158 Å². The number of rotatable bonds is 8. The molecule has 0 amide bonds. The van der Waals surface area contributed by atoms with Gasteiger partial charge in [0.1, 0.15) is 0 Å². The molecule has 0 aliphatic carbocycles. The number of anilines is 6.